The Balaban J connectivity index is 2.05. The van der Waals surface area contributed by atoms with Crippen molar-refractivity contribution in [2.24, 2.45) is 5.73 Å². The highest BCUT2D eigenvalue weighted by atomic mass is 16.5. The molecule has 0 spiro atoms. The zero-order valence-electron chi connectivity index (χ0n) is 11.0. The van der Waals surface area contributed by atoms with Gasteiger partial charge in [0.25, 0.3) is 0 Å². The van der Waals surface area contributed by atoms with Gasteiger partial charge in [0.15, 0.2) is 0 Å². The van der Waals surface area contributed by atoms with Gasteiger partial charge < -0.3 is 15.2 Å². The van der Waals surface area contributed by atoms with Crippen molar-refractivity contribution in [2.45, 2.75) is 20.0 Å². The molecule has 1 aromatic carbocycles. The van der Waals surface area contributed by atoms with Gasteiger partial charge in [-0.05, 0) is 18.6 Å². The van der Waals surface area contributed by atoms with Gasteiger partial charge in [-0.15, -0.1) is 0 Å². The maximum atomic E-state index is 5.71. The lowest BCUT2D eigenvalue weighted by molar-refractivity contribution is 0.0341. The van der Waals surface area contributed by atoms with E-state index in [4.69, 9.17) is 15.2 Å². The third kappa shape index (κ3) is 3.45. The number of benzene rings is 1. The summed E-state index contributed by atoms with van der Waals surface area (Å²) in [7, 11) is 0. The van der Waals surface area contributed by atoms with E-state index >= 15 is 0 Å². The summed E-state index contributed by atoms with van der Waals surface area (Å²) in [5, 5.41) is 0. The van der Waals surface area contributed by atoms with Crippen molar-refractivity contribution >= 4 is 0 Å². The second-order valence-corrected chi connectivity index (χ2v) is 4.47. The molecule has 4 nitrogen and oxygen atoms in total. The SMILES string of the molecule is CCOc1cc(CN2CCOCC2)ccc1CN. The van der Waals surface area contributed by atoms with Gasteiger partial charge in [-0.2, -0.15) is 0 Å². The topological polar surface area (TPSA) is 47.7 Å². The fraction of sp³-hybridized carbons (Fsp3) is 0.571. The van der Waals surface area contributed by atoms with E-state index in [0.717, 1.165) is 44.2 Å². The third-order valence-corrected chi connectivity index (χ3v) is 3.16. The first-order valence-electron chi connectivity index (χ1n) is 6.58. The summed E-state index contributed by atoms with van der Waals surface area (Å²) in [6, 6.07) is 6.32. The van der Waals surface area contributed by atoms with Crippen LogP contribution in [-0.2, 0) is 17.8 Å². The molecular weight excluding hydrogens is 228 g/mol. The van der Waals surface area contributed by atoms with Crippen LogP contribution in [0.1, 0.15) is 18.1 Å². The molecule has 0 saturated carbocycles. The van der Waals surface area contributed by atoms with Crippen LogP contribution in [0.3, 0.4) is 0 Å². The molecular formula is C14H22N2O2. The van der Waals surface area contributed by atoms with E-state index in [2.05, 4.69) is 23.1 Å². The lowest BCUT2D eigenvalue weighted by atomic mass is 10.1. The van der Waals surface area contributed by atoms with Crippen molar-refractivity contribution in [1.29, 1.82) is 0 Å². The molecule has 0 aliphatic carbocycles. The standard InChI is InChI=1S/C14H22N2O2/c1-2-18-14-9-12(3-4-13(14)10-15)11-16-5-7-17-8-6-16/h3-4,9H,2,5-8,10-11,15H2,1H3. The molecule has 0 bridgehead atoms. The molecule has 100 valence electrons. The zero-order chi connectivity index (χ0) is 12.8. The van der Waals surface area contributed by atoms with Crippen LogP contribution in [0.5, 0.6) is 5.75 Å². The molecule has 1 aliphatic heterocycles. The summed E-state index contributed by atoms with van der Waals surface area (Å²) in [4.78, 5) is 2.40. The summed E-state index contributed by atoms with van der Waals surface area (Å²) >= 11 is 0. The summed E-state index contributed by atoms with van der Waals surface area (Å²) in [6.45, 7) is 7.81. The van der Waals surface area contributed by atoms with Crippen molar-refractivity contribution in [3.63, 3.8) is 0 Å². The van der Waals surface area contributed by atoms with Crippen molar-refractivity contribution in [2.75, 3.05) is 32.9 Å². The van der Waals surface area contributed by atoms with Crippen molar-refractivity contribution in [3.8, 4) is 5.75 Å². The summed E-state index contributed by atoms with van der Waals surface area (Å²) in [5.41, 5.74) is 8.06. The van der Waals surface area contributed by atoms with E-state index in [0.29, 0.717) is 13.2 Å². The summed E-state index contributed by atoms with van der Waals surface area (Å²) in [6.07, 6.45) is 0. The van der Waals surface area contributed by atoms with Crippen molar-refractivity contribution in [1.82, 2.24) is 4.90 Å². The number of hydrogen-bond acceptors (Lipinski definition) is 4. The van der Waals surface area contributed by atoms with Gasteiger partial charge in [-0.25, -0.2) is 0 Å². The first kappa shape index (κ1) is 13.3. The Morgan fingerprint density at radius 1 is 1.33 bits per heavy atom. The maximum Gasteiger partial charge on any atom is 0.124 e. The fourth-order valence-electron chi connectivity index (χ4n) is 2.17. The smallest absolute Gasteiger partial charge is 0.124 e. The third-order valence-electron chi connectivity index (χ3n) is 3.16. The number of nitrogens with two attached hydrogens (primary N) is 1. The zero-order valence-corrected chi connectivity index (χ0v) is 11.0. The number of nitrogens with zero attached hydrogens (tertiary/aromatic N) is 1. The van der Waals surface area contributed by atoms with Gasteiger partial charge in [0, 0.05) is 31.7 Å². The highest BCUT2D eigenvalue weighted by Gasteiger charge is 2.12. The fourth-order valence-corrected chi connectivity index (χ4v) is 2.17. The van der Waals surface area contributed by atoms with Crippen LogP contribution in [0.15, 0.2) is 18.2 Å². The minimum absolute atomic E-state index is 0.521. The molecule has 0 radical (unpaired) electrons. The lowest BCUT2D eigenvalue weighted by Crippen LogP contribution is -2.35. The van der Waals surface area contributed by atoms with Gasteiger partial charge in [-0.1, -0.05) is 12.1 Å². The predicted octanol–water partition coefficient (Wildman–Crippen LogP) is 1.38. The highest BCUT2D eigenvalue weighted by molar-refractivity contribution is 5.37. The number of ether oxygens (including phenoxy) is 2. The van der Waals surface area contributed by atoms with Gasteiger partial charge >= 0.3 is 0 Å². The predicted molar refractivity (Wildman–Crippen MR) is 71.6 cm³/mol. The quantitative estimate of drug-likeness (QED) is 0.857. The van der Waals surface area contributed by atoms with Crippen LogP contribution in [0.4, 0.5) is 0 Å². The number of rotatable bonds is 5. The van der Waals surface area contributed by atoms with Crippen molar-refractivity contribution < 1.29 is 9.47 Å². The Labute approximate surface area is 109 Å². The normalized spacial score (nSPS) is 16.8. The Bertz CT molecular complexity index is 376. The molecule has 18 heavy (non-hydrogen) atoms. The molecule has 2 N–H and O–H groups in total. The Morgan fingerprint density at radius 3 is 2.78 bits per heavy atom. The first-order valence-corrected chi connectivity index (χ1v) is 6.58. The van der Waals surface area contributed by atoms with Crippen LogP contribution in [-0.4, -0.2) is 37.8 Å². The molecule has 0 atom stereocenters. The van der Waals surface area contributed by atoms with E-state index in [-0.39, 0.29) is 0 Å². The Hall–Kier alpha value is -1.10. The van der Waals surface area contributed by atoms with Gasteiger partial charge in [0.2, 0.25) is 0 Å². The van der Waals surface area contributed by atoms with Gasteiger partial charge in [-0.3, -0.25) is 4.90 Å². The molecule has 0 aromatic heterocycles. The summed E-state index contributed by atoms with van der Waals surface area (Å²) in [5.74, 6) is 0.922. The Kier molecular flexibility index (Phi) is 4.99. The molecule has 1 aromatic rings. The van der Waals surface area contributed by atoms with Crippen LogP contribution < -0.4 is 10.5 Å². The molecule has 4 heteroatoms. The maximum absolute atomic E-state index is 5.71. The molecule has 1 aliphatic rings. The minimum Gasteiger partial charge on any atom is -0.494 e. The average molecular weight is 250 g/mol. The number of hydrogen-bond donors (Lipinski definition) is 1. The van der Waals surface area contributed by atoms with Crippen molar-refractivity contribution in [3.05, 3.63) is 29.3 Å². The largest absolute Gasteiger partial charge is 0.494 e. The van der Waals surface area contributed by atoms with Gasteiger partial charge in [0.1, 0.15) is 5.75 Å². The molecule has 0 amide bonds. The van der Waals surface area contributed by atoms with Gasteiger partial charge in [0.05, 0.1) is 19.8 Å². The molecule has 2 rings (SSSR count). The van der Waals surface area contributed by atoms with E-state index < -0.39 is 0 Å². The molecule has 1 saturated heterocycles. The Morgan fingerprint density at radius 2 is 2.11 bits per heavy atom. The lowest BCUT2D eigenvalue weighted by Gasteiger charge is -2.26. The number of morpholine rings is 1. The summed E-state index contributed by atoms with van der Waals surface area (Å²) < 4.78 is 11.0. The average Bonchev–Trinajstić information content (AvgIpc) is 2.41. The molecule has 0 unspecified atom stereocenters. The monoisotopic (exact) mass is 250 g/mol. The minimum atomic E-state index is 0.521. The van der Waals surface area contributed by atoms with Crippen LogP contribution >= 0.6 is 0 Å². The molecule has 1 heterocycles. The molecule has 1 fully saturated rings. The second-order valence-electron chi connectivity index (χ2n) is 4.47. The van der Waals surface area contributed by atoms with Crippen LogP contribution in [0.2, 0.25) is 0 Å². The second kappa shape index (κ2) is 6.73. The van der Waals surface area contributed by atoms with E-state index in [9.17, 15) is 0 Å². The van der Waals surface area contributed by atoms with E-state index in [1.165, 1.54) is 5.56 Å². The van der Waals surface area contributed by atoms with E-state index in [1.807, 2.05) is 6.92 Å². The van der Waals surface area contributed by atoms with Crippen LogP contribution in [0, 0.1) is 0 Å². The van der Waals surface area contributed by atoms with Crippen LogP contribution in [0.25, 0.3) is 0 Å². The van der Waals surface area contributed by atoms with E-state index in [1.54, 1.807) is 0 Å². The highest BCUT2D eigenvalue weighted by Crippen LogP contribution is 2.21. The first-order chi connectivity index (χ1) is 8.83.